The van der Waals surface area contributed by atoms with E-state index in [1.165, 1.54) is 33.5 Å². The molecule has 136 valence electrons. The Labute approximate surface area is 150 Å². The Kier molecular flexibility index (Phi) is 4.88. The highest BCUT2D eigenvalue weighted by Gasteiger charge is 2.20. The lowest BCUT2D eigenvalue weighted by atomic mass is 10.1. The minimum Gasteiger partial charge on any atom is -0.504 e. The molecule has 0 bridgehead atoms. The molecule has 0 spiro atoms. The van der Waals surface area contributed by atoms with Gasteiger partial charge in [0.25, 0.3) is 0 Å². The molecule has 7 nitrogen and oxygen atoms in total. The number of benzene rings is 2. The molecule has 0 amide bonds. The van der Waals surface area contributed by atoms with Crippen LogP contribution in [0.3, 0.4) is 0 Å². The lowest BCUT2D eigenvalue weighted by Gasteiger charge is -2.14. The first-order chi connectivity index (χ1) is 12.6. The van der Waals surface area contributed by atoms with Crippen molar-refractivity contribution in [2.24, 2.45) is 0 Å². The fourth-order valence-corrected chi connectivity index (χ4v) is 2.67. The largest absolute Gasteiger partial charge is 0.504 e. The van der Waals surface area contributed by atoms with Crippen LogP contribution in [0, 0.1) is 0 Å². The van der Waals surface area contributed by atoms with E-state index in [0.717, 1.165) is 0 Å². The zero-order valence-corrected chi connectivity index (χ0v) is 14.6. The summed E-state index contributed by atoms with van der Waals surface area (Å²) in [5.74, 6) is 1.49. The van der Waals surface area contributed by atoms with Crippen molar-refractivity contribution < 1.29 is 33.6 Å². The maximum Gasteiger partial charge on any atom is 0.231 e. The Bertz CT molecular complexity index is 871. The second-order valence-corrected chi connectivity index (χ2v) is 5.35. The molecule has 0 aliphatic carbocycles. The second kappa shape index (κ2) is 7.26. The molecule has 2 aromatic carbocycles. The lowest BCUT2D eigenvalue weighted by Crippen LogP contribution is -2.02. The number of ketones is 1. The zero-order valence-electron chi connectivity index (χ0n) is 14.6. The van der Waals surface area contributed by atoms with E-state index in [0.29, 0.717) is 34.1 Å². The SMILES string of the molecule is COc1ccc(C(=O)C=Cc2cc(O)c3c(c2)OCO3)c(OC)c1OC. The van der Waals surface area contributed by atoms with Gasteiger partial charge in [-0.05, 0) is 35.9 Å². The summed E-state index contributed by atoms with van der Waals surface area (Å²) in [5.41, 5.74) is 0.922. The maximum atomic E-state index is 12.6. The van der Waals surface area contributed by atoms with E-state index in [4.69, 9.17) is 23.7 Å². The summed E-state index contributed by atoms with van der Waals surface area (Å²) in [5, 5.41) is 9.93. The van der Waals surface area contributed by atoms with E-state index < -0.39 is 0 Å². The minimum absolute atomic E-state index is 0.0456. The summed E-state index contributed by atoms with van der Waals surface area (Å²) in [7, 11) is 4.43. The van der Waals surface area contributed by atoms with E-state index in [1.54, 1.807) is 24.3 Å². The van der Waals surface area contributed by atoms with Crippen LogP contribution in [0.2, 0.25) is 0 Å². The van der Waals surface area contributed by atoms with E-state index in [9.17, 15) is 9.90 Å². The molecule has 0 radical (unpaired) electrons. The van der Waals surface area contributed by atoms with Crippen molar-refractivity contribution in [3.63, 3.8) is 0 Å². The van der Waals surface area contributed by atoms with Crippen LogP contribution >= 0.6 is 0 Å². The molecule has 3 rings (SSSR count). The lowest BCUT2D eigenvalue weighted by molar-refractivity contribution is 0.104. The van der Waals surface area contributed by atoms with Crippen molar-refractivity contribution in [3.05, 3.63) is 41.5 Å². The summed E-state index contributed by atoms with van der Waals surface area (Å²) in [6, 6.07) is 6.40. The molecular weight excluding hydrogens is 340 g/mol. The third-order valence-corrected chi connectivity index (χ3v) is 3.87. The first-order valence-electron chi connectivity index (χ1n) is 7.73. The summed E-state index contributed by atoms with van der Waals surface area (Å²) in [6.07, 6.45) is 2.95. The molecule has 0 saturated heterocycles. The molecule has 0 aromatic heterocycles. The molecule has 1 aliphatic heterocycles. The van der Waals surface area contributed by atoms with E-state index >= 15 is 0 Å². The molecule has 0 saturated carbocycles. The summed E-state index contributed by atoms with van der Waals surface area (Å²) >= 11 is 0. The first kappa shape index (κ1) is 17.5. The predicted octanol–water partition coefficient (Wildman–Crippen LogP) is 3.04. The van der Waals surface area contributed by atoms with E-state index in [2.05, 4.69) is 0 Å². The maximum absolute atomic E-state index is 12.6. The molecule has 0 fully saturated rings. The second-order valence-electron chi connectivity index (χ2n) is 5.35. The molecular formula is C19H18O7. The van der Waals surface area contributed by atoms with Crippen LogP contribution in [0.5, 0.6) is 34.5 Å². The van der Waals surface area contributed by atoms with Gasteiger partial charge in [-0.1, -0.05) is 6.08 Å². The highest BCUT2D eigenvalue weighted by Crippen LogP contribution is 2.42. The van der Waals surface area contributed by atoms with Gasteiger partial charge in [0.2, 0.25) is 18.3 Å². The van der Waals surface area contributed by atoms with Crippen molar-refractivity contribution in [3.8, 4) is 34.5 Å². The van der Waals surface area contributed by atoms with E-state index in [1.807, 2.05) is 0 Å². The Hall–Kier alpha value is -3.35. The smallest absolute Gasteiger partial charge is 0.231 e. The van der Waals surface area contributed by atoms with Gasteiger partial charge in [-0.2, -0.15) is 0 Å². The van der Waals surface area contributed by atoms with Crippen LogP contribution in [-0.4, -0.2) is 39.0 Å². The van der Waals surface area contributed by atoms with Crippen molar-refractivity contribution in [2.45, 2.75) is 0 Å². The number of rotatable bonds is 6. The summed E-state index contributed by atoms with van der Waals surface area (Å²) in [6.45, 7) is 0.0534. The Morgan fingerprint density at radius 3 is 2.54 bits per heavy atom. The predicted molar refractivity (Wildman–Crippen MR) is 93.7 cm³/mol. The third kappa shape index (κ3) is 3.11. The number of aromatic hydroxyl groups is 1. The highest BCUT2D eigenvalue weighted by atomic mass is 16.7. The van der Waals surface area contributed by atoms with Gasteiger partial charge in [-0.3, -0.25) is 4.79 Å². The van der Waals surface area contributed by atoms with E-state index in [-0.39, 0.29) is 24.1 Å². The molecule has 1 aliphatic rings. The van der Waals surface area contributed by atoms with Gasteiger partial charge in [-0.15, -0.1) is 0 Å². The van der Waals surface area contributed by atoms with Crippen LogP contribution in [0.25, 0.3) is 6.08 Å². The fourth-order valence-electron chi connectivity index (χ4n) is 2.67. The van der Waals surface area contributed by atoms with Crippen molar-refractivity contribution in [2.75, 3.05) is 28.1 Å². The van der Waals surface area contributed by atoms with Crippen LogP contribution in [0.4, 0.5) is 0 Å². The van der Waals surface area contributed by atoms with Gasteiger partial charge in [0, 0.05) is 0 Å². The number of phenols is 1. The molecule has 26 heavy (non-hydrogen) atoms. The van der Waals surface area contributed by atoms with Crippen LogP contribution in [-0.2, 0) is 0 Å². The monoisotopic (exact) mass is 358 g/mol. The number of ether oxygens (including phenoxy) is 5. The number of hydrogen-bond acceptors (Lipinski definition) is 7. The van der Waals surface area contributed by atoms with Gasteiger partial charge < -0.3 is 28.8 Å². The Morgan fingerprint density at radius 1 is 1.08 bits per heavy atom. The normalized spacial score (nSPS) is 12.3. The fraction of sp³-hybridized carbons (Fsp3) is 0.211. The zero-order chi connectivity index (χ0) is 18.7. The van der Waals surface area contributed by atoms with Gasteiger partial charge in [0.1, 0.15) is 0 Å². The van der Waals surface area contributed by atoms with Gasteiger partial charge in [-0.25, -0.2) is 0 Å². The van der Waals surface area contributed by atoms with Crippen molar-refractivity contribution in [1.82, 2.24) is 0 Å². The summed E-state index contributed by atoms with van der Waals surface area (Å²) < 4.78 is 26.2. The number of fused-ring (bicyclic) bond motifs is 1. The molecule has 0 atom stereocenters. The standard InChI is InChI=1S/C19H18O7/c1-22-15-7-5-12(17(23-2)19(15)24-3)13(20)6-4-11-8-14(21)18-16(9-11)25-10-26-18/h4-9,21H,10H2,1-3H3. The van der Waals surface area contributed by atoms with Gasteiger partial charge in [0.05, 0.1) is 26.9 Å². The number of hydrogen-bond donors (Lipinski definition) is 1. The first-order valence-corrected chi connectivity index (χ1v) is 7.73. The highest BCUT2D eigenvalue weighted by molar-refractivity contribution is 6.09. The molecule has 1 N–H and O–H groups in total. The average Bonchev–Trinajstić information content (AvgIpc) is 3.13. The molecule has 2 aromatic rings. The molecule has 1 heterocycles. The van der Waals surface area contributed by atoms with Crippen LogP contribution in [0.15, 0.2) is 30.3 Å². The Morgan fingerprint density at radius 2 is 1.85 bits per heavy atom. The minimum atomic E-state index is -0.292. The topological polar surface area (TPSA) is 83.5 Å². The molecule has 0 unspecified atom stereocenters. The van der Waals surface area contributed by atoms with Crippen molar-refractivity contribution >= 4 is 11.9 Å². The number of methoxy groups -OCH3 is 3. The van der Waals surface area contributed by atoms with Gasteiger partial charge >= 0.3 is 0 Å². The van der Waals surface area contributed by atoms with Crippen LogP contribution in [0.1, 0.15) is 15.9 Å². The van der Waals surface area contributed by atoms with Crippen LogP contribution < -0.4 is 23.7 Å². The number of allylic oxidation sites excluding steroid dienone is 1. The third-order valence-electron chi connectivity index (χ3n) is 3.87. The number of carbonyl (C=O) groups excluding carboxylic acids is 1. The summed E-state index contributed by atoms with van der Waals surface area (Å²) in [4.78, 5) is 12.6. The quantitative estimate of drug-likeness (QED) is 0.628. The Balaban J connectivity index is 1.91. The van der Waals surface area contributed by atoms with Gasteiger partial charge in [0.15, 0.2) is 28.8 Å². The average molecular weight is 358 g/mol. The number of phenolic OH excluding ortho intramolecular Hbond substituents is 1. The molecule has 7 heteroatoms. The number of carbonyl (C=O) groups is 1. The van der Waals surface area contributed by atoms with Crippen molar-refractivity contribution in [1.29, 1.82) is 0 Å².